The summed E-state index contributed by atoms with van der Waals surface area (Å²) in [5.74, 6) is 0. The maximum atomic E-state index is 2.73. The van der Waals surface area contributed by atoms with Gasteiger partial charge in [-0.3, -0.25) is 0 Å². The molecule has 2 radical (unpaired) electrons. The van der Waals surface area contributed by atoms with Gasteiger partial charge in [-0.25, -0.2) is 0 Å². The van der Waals surface area contributed by atoms with E-state index in [1.807, 2.05) is 0 Å². The maximum Gasteiger partial charge on any atom is 0.0443 e. The first-order chi connectivity index (χ1) is 8.03. The summed E-state index contributed by atoms with van der Waals surface area (Å²) in [6, 6.07) is 2.91. The molecule has 0 saturated heterocycles. The molecule has 0 aliphatic heterocycles. The molecule has 0 heterocycles. The molecule has 0 aliphatic carbocycles. The molecule has 20 heavy (non-hydrogen) atoms. The molecule has 124 valence electrons. The smallest absolute Gasteiger partial charge is 0.0443 e. The molecule has 0 rings (SSSR count). The van der Waals surface area contributed by atoms with Gasteiger partial charge < -0.3 is 0 Å². The fourth-order valence-electron chi connectivity index (χ4n) is 2.96. The van der Waals surface area contributed by atoms with Gasteiger partial charge in [0.1, 0.15) is 0 Å². The monoisotopic (exact) mass is 520 g/mol. The Bertz CT molecular complexity index is 234. The van der Waals surface area contributed by atoms with Gasteiger partial charge in [0.15, 0.2) is 0 Å². The van der Waals surface area contributed by atoms with Crippen molar-refractivity contribution in [2.75, 3.05) is 0 Å². The van der Waals surface area contributed by atoms with Crippen LogP contribution >= 0.6 is 0 Å². The van der Waals surface area contributed by atoms with E-state index in [4.69, 9.17) is 0 Å². The maximum absolute atomic E-state index is 2.73. The molecule has 0 amide bonds. The van der Waals surface area contributed by atoms with E-state index >= 15 is 0 Å². The predicted octanol–water partition coefficient (Wildman–Crippen LogP) is 5.62. The average Bonchev–Trinajstić information content (AvgIpc) is 2.34. The van der Waals surface area contributed by atoms with Crippen LogP contribution in [0.2, 0.25) is 61.7 Å². The molecule has 0 aromatic rings. The third kappa shape index (κ3) is 5.96. The Kier molecular flexibility index (Phi) is 14.6. The fourth-order valence-corrected chi connectivity index (χ4v) is 35.3. The predicted molar refractivity (Wildman–Crippen MR) is 98.0 cm³/mol. The second kappa shape index (κ2) is 10.8. The quantitative estimate of drug-likeness (QED) is 0.384. The molecule has 0 nitrogen and oxygen atoms in total. The molecule has 0 bridgehead atoms. The van der Waals surface area contributed by atoms with Gasteiger partial charge in [0.2, 0.25) is 0 Å². The molecule has 0 spiro atoms. The van der Waals surface area contributed by atoms with Crippen molar-refractivity contribution in [1.82, 2.24) is 0 Å². The van der Waals surface area contributed by atoms with Crippen LogP contribution in [0.15, 0.2) is 0 Å². The molecular formula is C14H36Ru2Si4. The number of hydrogen-bond donors (Lipinski definition) is 0. The van der Waals surface area contributed by atoms with E-state index in [0.717, 1.165) is 10.3 Å². The van der Waals surface area contributed by atoms with E-state index < -0.39 is 15.2 Å². The van der Waals surface area contributed by atoms with Gasteiger partial charge in [-0.05, 0) is 0 Å². The third-order valence-corrected chi connectivity index (χ3v) is 40.8. The summed E-state index contributed by atoms with van der Waals surface area (Å²) in [4.78, 5) is 0. The van der Waals surface area contributed by atoms with E-state index in [1.165, 1.54) is 12.1 Å². The minimum atomic E-state index is -1.05. The van der Waals surface area contributed by atoms with Crippen molar-refractivity contribution in [2.45, 2.75) is 89.4 Å². The summed E-state index contributed by atoms with van der Waals surface area (Å²) in [7, 11) is -2.31. The molecule has 0 aromatic carbocycles. The normalized spacial score (nSPS) is 15.6. The van der Waals surface area contributed by atoms with Crippen LogP contribution in [-0.2, 0) is 39.0 Å². The summed E-state index contributed by atoms with van der Waals surface area (Å²) in [5, 5.41) is 2.17. The van der Waals surface area contributed by atoms with Crippen LogP contribution in [0.1, 0.15) is 27.7 Å². The van der Waals surface area contributed by atoms with Crippen LogP contribution in [0.4, 0.5) is 0 Å². The Balaban J connectivity index is -0.00000144. The van der Waals surface area contributed by atoms with Crippen molar-refractivity contribution >= 4 is 32.8 Å². The van der Waals surface area contributed by atoms with Gasteiger partial charge in [0, 0.05) is 71.7 Å². The molecular weight excluding hydrogens is 483 g/mol. The van der Waals surface area contributed by atoms with Crippen molar-refractivity contribution in [3.8, 4) is 0 Å². The third-order valence-electron chi connectivity index (χ3n) is 6.42. The molecule has 2 unspecified atom stereocenters. The van der Waals surface area contributed by atoms with Crippen molar-refractivity contribution < 1.29 is 39.0 Å². The molecule has 0 aliphatic rings. The van der Waals surface area contributed by atoms with E-state index in [-0.39, 0.29) is 56.5 Å². The molecule has 0 fully saturated rings. The Morgan fingerprint density at radius 2 is 0.900 bits per heavy atom. The zero-order chi connectivity index (χ0) is 14.7. The van der Waals surface area contributed by atoms with Gasteiger partial charge >= 0.3 is 0 Å². The molecule has 0 saturated carbocycles. The Morgan fingerprint density at radius 3 is 1.05 bits per heavy atom. The SMILES string of the molecule is CC[Si](C)C(C)[Si](C)(C)[Si](C)(C)C(C)[Si](C)CC.[Ru].[Ru]. The Morgan fingerprint density at radius 1 is 0.700 bits per heavy atom. The second-order valence-electron chi connectivity index (χ2n) is 7.29. The van der Waals surface area contributed by atoms with E-state index in [9.17, 15) is 0 Å². The summed E-state index contributed by atoms with van der Waals surface area (Å²) in [6.45, 7) is 26.1. The van der Waals surface area contributed by atoms with Gasteiger partial charge in [0.25, 0.3) is 0 Å². The molecule has 0 N–H and O–H groups in total. The van der Waals surface area contributed by atoms with Crippen LogP contribution in [0, 0.1) is 0 Å². The minimum Gasteiger partial charge on any atom is -0.0713 e. The first kappa shape index (κ1) is 27.0. The first-order valence-corrected chi connectivity index (χ1v) is 19.4. The summed E-state index contributed by atoms with van der Waals surface area (Å²) >= 11 is 0. The fraction of sp³-hybridized carbons (Fsp3) is 1.00. The number of rotatable bonds is 7. The zero-order valence-electron chi connectivity index (χ0n) is 15.3. The minimum absolute atomic E-state index is 0. The van der Waals surface area contributed by atoms with Crippen molar-refractivity contribution in [1.29, 1.82) is 0 Å². The Labute approximate surface area is 160 Å². The Hall–Kier alpha value is 2.11. The van der Waals surface area contributed by atoms with Crippen LogP contribution in [0.25, 0.3) is 0 Å². The van der Waals surface area contributed by atoms with Crippen LogP contribution in [0.3, 0.4) is 0 Å². The molecule has 0 aromatic heterocycles. The van der Waals surface area contributed by atoms with Crippen molar-refractivity contribution in [2.24, 2.45) is 0 Å². The van der Waals surface area contributed by atoms with Gasteiger partial charge in [0.05, 0.1) is 0 Å². The average molecular weight is 519 g/mol. The standard InChI is InChI=1S/C14H36Si4.2Ru/c1-11-15(5)13(3)17(7,8)18(9,10)14(4)16(6)12-2;;/h13-14H,11-12H2,1-10H3;;. The van der Waals surface area contributed by atoms with Gasteiger partial charge in [-0.1, -0.05) is 89.4 Å². The van der Waals surface area contributed by atoms with E-state index in [0.29, 0.717) is 0 Å². The van der Waals surface area contributed by atoms with Gasteiger partial charge in [-0.2, -0.15) is 0 Å². The first-order valence-electron chi connectivity index (χ1n) is 7.68. The van der Waals surface area contributed by atoms with E-state index in [2.05, 4.69) is 67.0 Å². The molecule has 6 heteroatoms. The van der Waals surface area contributed by atoms with Crippen LogP contribution < -0.4 is 0 Å². The van der Waals surface area contributed by atoms with Crippen molar-refractivity contribution in [3.05, 3.63) is 0 Å². The summed E-state index contributed by atoms with van der Waals surface area (Å²) < 4.78 is 0. The summed E-state index contributed by atoms with van der Waals surface area (Å²) in [5.41, 5.74) is 0. The zero-order valence-corrected chi connectivity index (χ0v) is 22.8. The van der Waals surface area contributed by atoms with Crippen LogP contribution in [0.5, 0.6) is 0 Å². The topological polar surface area (TPSA) is 0 Å². The largest absolute Gasteiger partial charge is 0.0713 e. The second-order valence-corrected chi connectivity index (χ2v) is 31.3. The van der Waals surface area contributed by atoms with Crippen LogP contribution in [-0.4, -0.2) is 32.8 Å². The summed E-state index contributed by atoms with van der Waals surface area (Å²) in [6.07, 6.45) is 0. The molecule has 2 atom stereocenters. The van der Waals surface area contributed by atoms with Crippen molar-refractivity contribution in [3.63, 3.8) is 0 Å². The van der Waals surface area contributed by atoms with E-state index in [1.54, 1.807) is 0 Å². The number of hydrogen-bond acceptors (Lipinski definition) is 0. The van der Waals surface area contributed by atoms with Gasteiger partial charge in [-0.15, -0.1) is 0 Å².